The lowest BCUT2D eigenvalue weighted by Gasteiger charge is -2.04. The van der Waals surface area contributed by atoms with Crippen LogP contribution in [0.5, 0.6) is 0 Å². The van der Waals surface area contributed by atoms with Crippen molar-refractivity contribution in [2.75, 3.05) is 13.7 Å². The van der Waals surface area contributed by atoms with E-state index in [1.165, 1.54) is 18.4 Å². The second-order valence-electron chi connectivity index (χ2n) is 3.24. The largest absolute Gasteiger partial charge is 0.396 e. The van der Waals surface area contributed by atoms with Gasteiger partial charge < -0.3 is 9.84 Å². The van der Waals surface area contributed by atoms with Gasteiger partial charge in [0.25, 0.3) is 0 Å². The molecule has 1 rings (SSSR count). The van der Waals surface area contributed by atoms with Gasteiger partial charge in [0, 0.05) is 25.0 Å². The molecule has 1 N–H and O–H groups in total. The highest BCUT2D eigenvalue weighted by Gasteiger charge is 2.19. The number of rotatable bonds is 5. The van der Waals surface area contributed by atoms with Crippen molar-refractivity contribution in [3.8, 4) is 0 Å². The van der Waals surface area contributed by atoms with Crippen molar-refractivity contribution in [2.24, 2.45) is 0 Å². The average molecular weight is 229 g/mol. The van der Waals surface area contributed by atoms with Crippen LogP contribution in [0.1, 0.15) is 27.3 Å². The van der Waals surface area contributed by atoms with Crippen LogP contribution < -0.4 is 0 Å². The molecule has 0 aromatic carbocycles. The van der Waals surface area contributed by atoms with Gasteiger partial charge in [-0.05, 0) is 13.8 Å². The SMILES string of the molecule is COC(C)C(=O)c1nc(C)c(CCO)s1. The molecule has 0 spiro atoms. The van der Waals surface area contributed by atoms with Crippen LogP contribution in [-0.2, 0) is 11.2 Å². The van der Waals surface area contributed by atoms with Crippen LogP contribution >= 0.6 is 11.3 Å². The summed E-state index contributed by atoms with van der Waals surface area (Å²) in [5.41, 5.74) is 0.820. The van der Waals surface area contributed by atoms with Crippen LogP contribution in [-0.4, -0.2) is 35.7 Å². The van der Waals surface area contributed by atoms with Crippen molar-refractivity contribution in [3.63, 3.8) is 0 Å². The number of carbonyl (C=O) groups excluding carboxylic acids is 1. The van der Waals surface area contributed by atoms with Gasteiger partial charge >= 0.3 is 0 Å². The van der Waals surface area contributed by atoms with Gasteiger partial charge in [-0.25, -0.2) is 4.98 Å². The van der Waals surface area contributed by atoms with E-state index >= 15 is 0 Å². The number of Topliss-reactive ketones (excluding diaryl/α,β-unsaturated/α-hetero) is 1. The summed E-state index contributed by atoms with van der Waals surface area (Å²) in [5, 5.41) is 9.28. The van der Waals surface area contributed by atoms with Crippen LogP contribution in [0.3, 0.4) is 0 Å². The summed E-state index contributed by atoms with van der Waals surface area (Å²) in [6, 6.07) is 0. The lowest BCUT2D eigenvalue weighted by Crippen LogP contribution is -2.18. The second kappa shape index (κ2) is 5.34. The number of aliphatic hydroxyl groups is 1. The molecule has 5 heteroatoms. The monoisotopic (exact) mass is 229 g/mol. The Morgan fingerprint density at radius 3 is 2.87 bits per heavy atom. The van der Waals surface area contributed by atoms with E-state index in [1.807, 2.05) is 6.92 Å². The lowest BCUT2D eigenvalue weighted by atomic mass is 10.2. The van der Waals surface area contributed by atoms with Crippen LogP contribution in [0.15, 0.2) is 0 Å². The Bertz CT molecular complexity index is 348. The molecule has 0 fully saturated rings. The molecule has 0 bridgehead atoms. The molecule has 84 valence electrons. The number of thiazole rings is 1. The fraction of sp³-hybridized carbons (Fsp3) is 0.600. The maximum absolute atomic E-state index is 11.7. The quantitative estimate of drug-likeness (QED) is 0.771. The first kappa shape index (κ1) is 12.3. The maximum atomic E-state index is 11.7. The minimum absolute atomic E-state index is 0.0799. The van der Waals surface area contributed by atoms with E-state index in [4.69, 9.17) is 9.84 Å². The molecule has 1 aromatic heterocycles. The van der Waals surface area contributed by atoms with Crippen molar-refractivity contribution >= 4 is 17.1 Å². The van der Waals surface area contributed by atoms with E-state index in [0.29, 0.717) is 11.4 Å². The molecule has 0 radical (unpaired) electrons. The first-order valence-corrected chi connectivity index (χ1v) is 5.56. The minimum atomic E-state index is -0.461. The summed E-state index contributed by atoms with van der Waals surface area (Å²) in [6.07, 6.45) is 0.0931. The summed E-state index contributed by atoms with van der Waals surface area (Å²) in [6.45, 7) is 3.62. The molecule has 0 saturated carbocycles. The molecule has 0 aliphatic carbocycles. The zero-order valence-electron chi connectivity index (χ0n) is 9.11. The van der Waals surface area contributed by atoms with E-state index in [0.717, 1.165) is 10.6 Å². The molecule has 0 aliphatic heterocycles. The van der Waals surface area contributed by atoms with Gasteiger partial charge in [-0.15, -0.1) is 11.3 Å². The standard InChI is InChI=1S/C10H15NO3S/c1-6-8(4-5-12)15-10(11-6)9(13)7(2)14-3/h7,12H,4-5H2,1-3H3. The smallest absolute Gasteiger partial charge is 0.219 e. The molecule has 4 nitrogen and oxygen atoms in total. The Morgan fingerprint density at radius 1 is 1.67 bits per heavy atom. The molecule has 0 saturated heterocycles. The summed E-state index contributed by atoms with van der Waals surface area (Å²) in [5.74, 6) is -0.102. The van der Waals surface area contributed by atoms with Crippen molar-refractivity contribution in [2.45, 2.75) is 26.4 Å². The molecular weight excluding hydrogens is 214 g/mol. The molecule has 1 heterocycles. The molecule has 0 amide bonds. The first-order valence-electron chi connectivity index (χ1n) is 4.74. The number of nitrogens with zero attached hydrogens (tertiary/aromatic N) is 1. The number of ketones is 1. The van der Waals surface area contributed by atoms with Crippen LogP contribution in [0.25, 0.3) is 0 Å². The van der Waals surface area contributed by atoms with Gasteiger partial charge in [0.05, 0.1) is 5.69 Å². The van der Waals surface area contributed by atoms with Gasteiger partial charge in [0.1, 0.15) is 6.10 Å². The second-order valence-corrected chi connectivity index (χ2v) is 4.33. The van der Waals surface area contributed by atoms with Gasteiger partial charge in [0.2, 0.25) is 5.78 Å². The Morgan fingerprint density at radius 2 is 2.33 bits per heavy atom. The highest BCUT2D eigenvalue weighted by Crippen LogP contribution is 2.20. The number of carbonyl (C=O) groups is 1. The molecule has 1 unspecified atom stereocenters. The molecular formula is C10H15NO3S. The number of hydrogen-bond acceptors (Lipinski definition) is 5. The highest BCUT2D eigenvalue weighted by molar-refractivity contribution is 7.13. The predicted octanol–water partition coefficient (Wildman–Crippen LogP) is 1.20. The van der Waals surface area contributed by atoms with Crippen LogP contribution in [0.2, 0.25) is 0 Å². The number of aromatic nitrogens is 1. The Hall–Kier alpha value is -0.780. The van der Waals surface area contributed by atoms with Gasteiger partial charge in [-0.1, -0.05) is 0 Å². The highest BCUT2D eigenvalue weighted by atomic mass is 32.1. The summed E-state index contributed by atoms with van der Waals surface area (Å²) >= 11 is 1.34. The van der Waals surface area contributed by atoms with E-state index in [2.05, 4.69) is 4.98 Å². The zero-order valence-corrected chi connectivity index (χ0v) is 9.93. The van der Waals surface area contributed by atoms with Crippen LogP contribution in [0, 0.1) is 6.92 Å². The average Bonchev–Trinajstić information content (AvgIpc) is 2.59. The van der Waals surface area contributed by atoms with E-state index in [-0.39, 0.29) is 12.4 Å². The van der Waals surface area contributed by atoms with Crippen molar-refractivity contribution in [1.29, 1.82) is 0 Å². The number of aliphatic hydroxyl groups excluding tert-OH is 1. The van der Waals surface area contributed by atoms with Gasteiger partial charge in [-0.2, -0.15) is 0 Å². The van der Waals surface area contributed by atoms with Gasteiger partial charge in [-0.3, -0.25) is 4.79 Å². The Labute approximate surface area is 92.9 Å². The zero-order chi connectivity index (χ0) is 11.4. The fourth-order valence-electron chi connectivity index (χ4n) is 1.15. The topological polar surface area (TPSA) is 59.4 Å². The number of aryl methyl sites for hydroxylation is 1. The van der Waals surface area contributed by atoms with Crippen LogP contribution in [0.4, 0.5) is 0 Å². The third-order valence-electron chi connectivity index (χ3n) is 2.17. The molecule has 1 atom stereocenters. The molecule has 0 aliphatic rings. The maximum Gasteiger partial charge on any atom is 0.219 e. The number of methoxy groups -OCH3 is 1. The third-order valence-corrected chi connectivity index (χ3v) is 3.40. The molecule has 15 heavy (non-hydrogen) atoms. The Balaban J connectivity index is 2.87. The lowest BCUT2D eigenvalue weighted by molar-refractivity contribution is 0.0655. The van der Waals surface area contributed by atoms with E-state index < -0.39 is 6.10 Å². The van der Waals surface area contributed by atoms with E-state index in [9.17, 15) is 4.79 Å². The predicted molar refractivity (Wildman–Crippen MR) is 58.4 cm³/mol. The number of ether oxygens (including phenoxy) is 1. The summed E-state index contributed by atoms with van der Waals surface area (Å²) < 4.78 is 4.94. The normalized spacial score (nSPS) is 12.8. The summed E-state index contributed by atoms with van der Waals surface area (Å²) in [7, 11) is 1.50. The molecule has 1 aromatic rings. The first-order chi connectivity index (χ1) is 7.10. The third kappa shape index (κ3) is 2.84. The van der Waals surface area contributed by atoms with Gasteiger partial charge in [0.15, 0.2) is 5.01 Å². The van der Waals surface area contributed by atoms with Crippen molar-refractivity contribution in [3.05, 3.63) is 15.6 Å². The van der Waals surface area contributed by atoms with E-state index in [1.54, 1.807) is 6.92 Å². The number of hydrogen-bond donors (Lipinski definition) is 1. The Kier molecular flexibility index (Phi) is 4.38. The van der Waals surface area contributed by atoms with Crippen molar-refractivity contribution < 1.29 is 14.6 Å². The summed E-state index contributed by atoms with van der Waals surface area (Å²) in [4.78, 5) is 16.8. The fourth-order valence-corrected chi connectivity index (χ4v) is 2.22. The van der Waals surface area contributed by atoms with Crippen molar-refractivity contribution in [1.82, 2.24) is 4.98 Å². The minimum Gasteiger partial charge on any atom is -0.396 e.